The highest BCUT2D eigenvalue weighted by Gasteiger charge is 2.72. The van der Waals surface area contributed by atoms with E-state index in [-0.39, 0.29) is 52.0 Å². The van der Waals surface area contributed by atoms with E-state index in [1.807, 2.05) is 0 Å². The van der Waals surface area contributed by atoms with Gasteiger partial charge < -0.3 is 35.6 Å². The molecule has 0 spiro atoms. The van der Waals surface area contributed by atoms with Crippen molar-refractivity contribution in [1.29, 1.82) is 0 Å². The molecule has 5 aliphatic carbocycles. The number of carbonyl (C=O) groups is 2. The van der Waals surface area contributed by atoms with Gasteiger partial charge in [-0.05, 0) is 122 Å². The summed E-state index contributed by atoms with van der Waals surface area (Å²) < 4.78 is 5.64. The van der Waals surface area contributed by atoms with Gasteiger partial charge in [0.25, 0.3) is 0 Å². The van der Waals surface area contributed by atoms with Gasteiger partial charge in [-0.15, -0.1) is 5.06 Å². The summed E-state index contributed by atoms with van der Waals surface area (Å²) in [4.78, 5) is 32.0. The Balaban J connectivity index is 1.19. The first-order valence-corrected chi connectivity index (χ1v) is 19.1. The van der Waals surface area contributed by atoms with Gasteiger partial charge in [-0.1, -0.05) is 46.8 Å². The number of nitrogens with one attached hydrogen (secondary N) is 1. The van der Waals surface area contributed by atoms with Crippen molar-refractivity contribution < 1.29 is 44.7 Å². The maximum atomic E-state index is 13.6. The molecule has 15 atom stereocenters. The van der Waals surface area contributed by atoms with Gasteiger partial charge >= 0.3 is 5.97 Å². The number of carbonyl (C=O) groups excluding carboxylic acids is 1. The first kappa shape index (κ1) is 38.1. The smallest absolute Gasteiger partial charge is 0.309 e. The van der Waals surface area contributed by atoms with E-state index in [4.69, 9.17) is 9.57 Å². The summed E-state index contributed by atoms with van der Waals surface area (Å²) in [5, 5.41) is 55.9. The Labute approximate surface area is 298 Å². The van der Waals surface area contributed by atoms with Crippen LogP contribution in [0.1, 0.15) is 106 Å². The minimum atomic E-state index is -1.57. The van der Waals surface area contributed by atoms with Crippen LogP contribution in [-0.4, -0.2) is 99.4 Å². The van der Waals surface area contributed by atoms with Crippen LogP contribution in [0.25, 0.3) is 0 Å². The number of rotatable bonds is 8. The topological polar surface area (TPSA) is 169 Å². The second-order valence-corrected chi connectivity index (χ2v) is 18.6. The molecule has 50 heavy (non-hydrogen) atoms. The van der Waals surface area contributed by atoms with Crippen molar-refractivity contribution in [2.75, 3.05) is 20.3 Å². The number of ether oxygens (including phenoxy) is 1. The fourth-order valence-corrected chi connectivity index (χ4v) is 13.7. The lowest BCUT2D eigenvalue weighted by Gasteiger charge is -2.73. The van der Waals surface area contributed by atoms with Crippen LogP contribution in [0.15, 0.2) is 12.2 Å². The van der Waals surface area contributed by atoms with Gasteiger partial charge in [0.05, 0.1) is 19.1 Å². The molecule has 11 nitrogen and oxygen atoms in total. The Hall–Kier alpha value is -1.60. The fraction of sp³-hybridized carbons (Fsp3) is 0.897. The summed E-state index contributed by atoms with van der Waals surface area (Å²) in [6.45, 7) is 17.8. The summed E-state index contributed by atoms with van der Waals surface area (Å²) in [5.41, 5.74) is 0.529. The number of amides is 1. The molecule has 0 aromatic rings. The standard InChI is InChI=1S/C39H64N2O9/c1-21(2)22-11-16-39(34(47)48)18-17-37(6)23(29(22)39)9-10-26-36(5)14-13-27(35(3,4)25(36)12-15-38(26,37)7)40-28(43)19-41(49-8)33-32(46)31(45)30(44)24(20-42)50-33/h22-27,29-33,42,44-46H,1,9-20H2,2-8H3,(H,40,43)(H,47,48)/t22?,23-,24?,25?,26?,27+,29?,30-,31+,32?,33-,36+,37-,38-,39+/m1/s1. The van der Waals surface area contributed by atoms with Crippen molar-refractivity contribution in [3.63, 3.8) is 0 Å². The van der Waals surface area contributed by atoms with Crippen molar-refractivity contribution >= 4 is 11.9 Å². The number of aliphatic hydroxyl groups excluding tert-OH is 4. The van der Waals surface area contributed by atoms with Crippen LogP contribution in [0, 0.1) is 56.7 Å². The monoisotopic (exact) mass is 704 g/mol. The van der Waals surface area contributed by atoms with Gasteiger partial charge in [-0.25, -0.2) is 0 Å². The number of allylic oxidation sites excluding steroid dienone is 1. The number of hydrogen-bond acceptors (Lipinski definition) is 9. The molecule has 0 aromatic carbocycles. The van der Waals surface area contributed by atoms with Crippen molar-refractivity contribution in [3.8, 4) is 0 Å². The average molecular weight is 705 g/mol. The lowest BCUT2D eigenvalue weighted by atomic mass is 9.32. The molecular weight excluding hydrogens is 640 g/mol. The van der Waals surface area contributed by atoms with E-state index < -0.39 is 48.6 Å². The zero-order valence-corrected chi connectivity index (χ0v) is 31.4. The van der Waals surface area contributed by atoms with Crippen molar-refractivity contribution in [2.45, 2.75) is 142 Å². The van der Waals surface area contributed by atoms with E-state index in [1.165, 1.54) is 7.11 Å². The predicted octanol–water partition coefficient (Wildman–Crippen LogP) is 3.88. The Bertz CT molecular complexity index is 1340. The second-order valence-electron chi connectivity index (χ2n) is 18.6. The quantitative estimate of drug-likeness (QED) is 0.161. The maximum absolute atomic E-state index is 13.6. The van der Waals surface area contributed by atoms with Crippen molar-refractivity contribution in [1.82, 2.24) is 10.4 Å². The largest absolute Gasteiger partial charge is 0.481 e. The molecule has 0 radical (unpaired) electrons. The molecule has 0 aromatic heterocycles. The van der Waals surface area contributed by atoms with Gasteiger partial charge in [0.2, 0.25) is 5.91 Å². The molecule has 6 rings (SSSR count). The highest BCUT2D eigenvalue weighted by molar-refractivity contribution is 5.78. The highest BCUT2D eigenvalue weighted by atomic mass is 16.7. The van der Waals surface area contributed by atoms with Crippen LogP contribution in [0.5, 0.6) is 0 Å². The van der Waals surface area contributed by atoms with Crippen LogP contribution >= 0.6 is 0 Å². The Morgan fingerprint density at radius 1 is 0.880 bits per heavy atom. The summed E-state index contributed by atoms with van der Waals surface area (Å²) in [5.74, 6) is 0.781. The fourth-order valence-electron chi connectivity index (χ4n) is 13.7. The number of nitrogens with zero attached hydrogens (tertiary/aromatic N) is 1. The Kier molecular flexibility index (Phi) is 9.96. The first-order chi connectivity index (χ1) is 23.3. The van der Waals surface area contributed by atoms with E-state index in [0.717, 1.165) is 74.8 Å². The number of fused-ring (bicyclic) bond motifs is 7. The Morgan fingerprint density at radius 3 is 2.20 bits per heavy atom. The summed E-state index contributed by atoms with van der Waals surface area (Å²) in [6.07, 6.45) is 2.56. The highest BCUT2D eigenvalue weighted by Crippen LogP contribution is 2.77. The molecule has 6 unspecified atom stereocenters. The molecule has 1 amide bonds. The van der Waals surface area contributed by atoms with Gasteiger partial charge in [0.1, 0.15) is 31.0 Å². The second kappa shape index (κ2) is 13.1. The molecule has 1 saturated heterocycles. The zero-order valence-electron chi connectivity index (χ0n) is 31.4. The van der Waals surface area contributed by atoms with E-state index in [2.05, 4.69) is 53.4 Å². The lowest BCUT2D eigenvalue weighted by Crippen LogP contribution is -2.68. The van der Waals surface area contributed by atoms with Gasteiger partial charge in [-0.3, -0.25) is 14.4 Å². The molecule has 6 aliphatic rings. The van der Waals surface area contributed by atoms with Gasteiger partial charge in [-0.2, -0.15) is 0 Å². The Morgan fingerprint density at radius 2 is 1.58 bits per heavy atom. The molecule has 1 heterocycles. The average Bonchev–Trinajstić information content (AvgIpc) is 3.46. The molecule has 6 N–H and O–H groups in total. The van der Waals surface area contributed by atoms with E-state index in [9.17, 15) is 35.1 Å². The predicted molar refractivity (Wildman–Crippen MR) is 186 cm³/mol. The minimum absolute atomic E-state index is 0.0504. The number of aliphatic hydroxyl groups is 4. The zero-order chi connectivity index (χ0) is 36.8. The van der Waals surface area contributed by atoms with Crippen LogP contribution in [-0.2, 0) is 19.2 Å². The van der Waals surface area contributed by atoms with Gasteiger partial charge in [0.15, 0.2) is 6.23 Å². The number of aliphatic carboxylic acids is 1. The third kappa shape index (κ3) is 5.37. The molecule has 6 fully saturated rings. The molecule has 5 saturated carbocycles. The van der Waals surface area contributed by atoms with Crippen LogP contribution in [0.4, 0.5) is 0 Å². The minimum Gasteiger partial charge on any atom is -0.481 e. The lowest BCUT2D eigenvalue weighted by molar-refractivity contribution is -0.325. The first-order valence-electron chi connectivity index (χ1n) is 19.1. The third-order valence-electron chi connectivity index (χ3n) is 16.5. The molecule has 1 aliphatic heterocycles. The number of carboxylic acid groups (broad SMARTS) is 1. The molecule has 284 valence electrons. The maximum Gasteiger partial charge on any atom is 0.309 e. The van der Waals surface area contributed by atoms with Crippen molar-refractivity contribution in [3.05, 3.63) is 12.2 Å². The number of hydrogen-bond donors (Lipinski definition) is 6. The van der Waals surface area contributed by atoms with Crippen LogP contribution in [0.3, 0.4) is 0 Å². The molecule has 11 heteroatoms. The van der Waals surface area contributed by atoms with Crippen LogP contribution in [0.2, 0.25) is 0 Å². The van der Waals surface area contributed by atoms with E-state index in [1.54, 1.807) is 0 Å². The number of carboxylic acids is 1. The molecule has 0 bridgehead atoms. The van der Waals surface area contributed by atoms with Gasteiger partial charge in [0, 0.05) is 6.04 Å². The SMILES string of the molecule is C=C(C)C1CC[C@]2(C(=O)O)CC[C@]3(C)[C@H](CCC4[C@@]5(C)CC[C@H](NC(=O)CN(OC)[C@@H]6OC(CO)[C@@H](O)[C@H](O)C6O)C(C)(C)C5CC[C@]43C)C12. The summed E-state index contributed by atoms with van der Waals surface area (Å²) in [7, 11) is 1.35. The number of hydroxylamine groups is 2. The normalized spacial score (nSPS) is 49.6. The summed E-state index contributed by atoms with van der Waals surface area (Å²) in [6, 6.07) is -0.0847. The summed E-state index contributed by atoms with van der Waals surface area (Å²) >= 11 is 0. The van der Waals surface area contributed by atoms with Crippen LogP contribution < -0.4 is 5.32 Å². The van der Waals surface area contributed by atoms with Crippen molar-refractivity contribution in [2.24, 2.45) is 56.7 Å². The molecular formula is C39H64N2O9. The van der Waals surface area contributed by atoms with E-state index >= 15 is 0 Å². The third-order valence-corrected chi connectivity index (χ3v) is 16.5. The van der Waals surface area contributed by atoms with E-state index in [0.29, 0.717) is 17.8 Å².